The van der Waals surface area contributed by atoms with Crippen molar-refractivity contribution in [3.63, 3.8) is 0 Å². The molecular weight excluding hydrogens is 358 g/mol. The lowest BCUT2D eigenvalue weighted by molar-refractivity contribution is -0.119. The van der Waals surface area contributed by atoms with Crippen LogP contribution < -0.4 is 10.1 Å². The highest BCUT2D eigenvalue weighted by Crippen LogP contribution is 2.29. The van der Waals surface area contributed by atoms with Gasteiger partial charge in [0.05, 0.1) is 5.69 Å². The number of rotatable bonds is 6. The second-order valence-corrected chi connectivity index (χ2v) is 6.36. The van der Waals surface area contributed by atoms with Crippen LogP contribution in [0.25, 0.3) is 0 Å². The molecule has 0 unspecified atom stereocenters. The Morgan fingerprint density at radius 3 is 2.39 bits per heavy atom. The third-order valence-electron chi connectivity index (χ3n) is 4.01. The molecule has 0 fully saturated rings. The van der Waals surface area contributed by atoms with Crippen molar-refractivity contribution >= 4 is 17.6 Å². The van der Waals surface area contributed by atoms with Gasteiger partial charge >= 0.3 is 5.97 Å². The van der Waals surface area contributed by atoms with Crippen LogP contribution >= 0.6 is 0 Å². The van der Waals surface area contributed by atoms with Gasteiger partial charge in [-0.05, 0) is 51.1 Å². The van der Waals surface area contributed by atoms with E-state index in [1.807, 2.05) is 37.3 Å². The Bertz CT molecular complexity index is 988. The number of benzene rings is 2. The van der Waals surface area contributed by atoms with Crippen LogP contribution in [0.5, 0.6) is 11.5 Å². The van der Waals surface area contributed by atoms with Gasteiger partial charge < -0.3 is 19.2 Å². The second-order valence-electron chi connectivity index (χ2n) is 6.36. The van der Waals surface area contributed by atoms with Gasteiger partial charge in [0.2, 0.25) is 0 Å². The fourth-order valence-electron chi connectivity index (χ4n) is 2.62. The Kier molecular flexibility index (Phi) is 5.79. The van der Waals surface area contributed by atoms with E-state index in [0.29, 0.717) is 34.3 Å². The van der Waals surface area contributed by atoms with E-state index in [-0.39, 0.29) is 0 Å². The predicted octanol–water partition coefficient (Wildman–Crippen LogP) is 4.79. The van der Waals surface area contributed by atoms with Crippen LogP contribution in [0.4, 0.5) is 5.69 Å². The molecule has 1 amide bonds. The topological polar surface area (TPSA) is 77.8 Å². The predicted molar refractivity (Wildman–Crippen MR) is 105 cm³/mol. The molecule has 2 aromatic carbocycles. The molecule has 6 nitrogen and oxygen atoms in total. The maximum absolute atomic E-state index is 12.2. The molecule has 144 valence electrons. The maximum Gasteiger partial charge on any atom is 0.342 e. The zero-order valence-electron chi connectivity index (χ0n) is 15.9. The summed E-state index contributed by atoms with van der Waals surface area (Å²) in [5.41, 5.74) is 1.92. The number of para-hydroxylation sites is 2. The number of amides is 1. The highest BCUT2D eigenvalue weighted by molar-refractivity contribution is 5.96. The van der Waals surface area contributed by atoms with Gasteiger partial charge in [0.25, 0.3) is 5.91 Å². The van der Waals surface area contributed by atoms with Crippen molar-refractivity contribution in [3.05, 3.63) is 77.2 Å². The highest BCUT2D eigenvalue weighted by atomic mass is 16.5. The van der Waals surface area contributed by atoms with Crippen molar-refractivity contribution in [1.82, 2.24) is 0 Å². The molecule has 28 heavy (non-hydrogen) atoms. The molecule has 0 saturated carbocycles. The fraction of sp³-hybridized carbons (Fsp3) is 0.182. The normalized spacial score (nSPS) is 10.4. The first-order chi connectivity index (χ1) is 13.4. The third-order valence-corrected chi connectivity index (χ3v) is 4.01. The van der Waals surface area contributed by atoms with Crippen LogP contribution in [-0.2, 0) is 9.53 Å². The van der Waals surface area contributed by atoms with Gasteiger partial charge in [0.15, 0.2) is 12.4 Å². The first-order valence-corrected chi connectivity index (χ1v) is 8.80. The minimum Gasteiger partial charge on any atom is -0.466 e. The zero-order valence-corrected chi connectivity index (χ0v) is 15.9. The molecular formula is C22H21NO5. The van der Waals surface area contributed by atoms with E-state index < -0.39 is 18.5 Å². The van der Waals surface area contributed by atoms with E-state index in [2.05, 4.69) is 5.32 Å². The summed E-state index contributed by atoms with van der Waals surface area (Å²) in [4.78, 5) is 24.3. The number of hydrogen-bond acceptors (Lipinski definition) is 5. The summed E-state index contributed by atoms with van der Waals surface area (Å²) in [5, 5.41) is 2.70. The standard InChI is InChI=1S/C22H21NO5/c1-14-8-10-17(11-9-14)28-20-7-5-4-6-19(20)23-21(24)13-26-22(25)18-12-15(2)27-16(18)3/h4-12H,13H2,1-3H3,(H,23,24). The fourth-order valence-corrected chi connectivity index (χ4v) is 2.62. The van der Waals surface area contributed by atoms with Crippen molar-refractivity contribution in [2.45, 2.75) is 20.8 Å². The first kappa shape index (κ1) is 19.2. The number of anilines is 1. The Labute approximate surface area is 163 Å². The molecule has 0 spiro atoms. The molecule has 1 heterocycles. The van der Waals surface area contributed by atoms with E-state index in [1.165, 1.54) is 0 Å². The quantitative estimate of drug-likeness (QED) is 0.623. The Morgan fingerprint density at radius 1 is 1.00 bits per heavy atom. The van der Waals surface area contributed by atoms with Crippen molar-refractivity contribution in [1.29, 1.82) is 0 Å². The van der Waals surface area contributed by atoms with E-state index >= 15 is 0 Å². The van der Waals surface area contributed by atoms with Crippen molar-refractivity contribution < 1.29 is 23.5 Å². The smallest absolute Gasteiger partial charge is 0.342 e. The zero-order chi connectivity index (χ0) is 20.1. The number of furan rings is 1. The molecule has 6 heteroatoms. The molecule has 0 aliphatic carbocycles. The number of carbonyl (C=O) groups is 2. The SMILES string of the molecule is Cc1ccc(Oc2ccccc2NC(=O)COC(=O)c2cc(C)oc2C)cc1. The van der Waals surface area contributed by atoms with E-state index in [4.69, 9.17) is 13.9 Å². The van der Waals surface area contributed by atoms with Crippen molar-refractivity contribution in [2.24, 2.45) is 0 Å². The highest BCUT2D eigenvalue weighted by Gasteiger charge is 2.17. The third kappa shape index (κ3) is 4.79. The molecule has 3 rings (SSSR count). The molecule has 0 radical (unpaired) electrons. The summed E-state index contributed by atoms with van der Waals surface area (Å²) in [7, 11) is 0. The summed E-state index contributed by atoms with van der Waals surface area (Å²) >= 11 is 0. The van der Waals surface area contributed by atoms with Gasteiger partial charge in [-0.1, -0.05) is 29.8 Å². The number of esters is 1. The van der Waals surface area contributed by atoms with Crippen LogP contribution in [0.2, 0.25) is 0 Å². The summed E-state index contributed by atoms with van der Waals surface area (Å²) in [6.07, 6.45) is 0. The minimum atomic E-state index is -0.603. The van der Waals surface area contributed by atoms with Crippen molar-refractivity contribution in [2.75, 3.05) is 11.9 Å². The average molecular weight is 379 g/mol. The van der Waals surface area contributed by atoms with Crippen molar-refractivity contribution in [3.8, 4) is 11.5 Å². The minimum absolute atomic E-state index is 0.313. The number of hydrogen-bond donors (Lipinski definition) is 1. The lowest BCUT2D eigenvalue weighted by Gasteiger charge is -2.12. The number of nitrogens with one attached hydrogen (secondary N) is 1. The largest absolute Gasteiger partial charge is 0.466 e. The number of ether oxygens (including phenoxy) is 2. The van der Waals surface area contributed by atoms with E-state index in [1.54, 1.807) is 38.1 Å². The summed E-state index contributed by atoms with van der Waals surface area (Å²) in [6.45, 7) is 4.98. The van der Waals surface area contributed by atoms with Gasteiger partial charge in [-0.15, -0.1) is 0 Å². The summed E-state index contributed by atoms with van der Waals surface area (Å²) in [5.74, 6) is 1.15. The number of aryl methyl sites for hydroxylation is 3. The monoisotopic (exact) mass is 379 g/mol. The van der Waals surface area contributed by atoms with Crippen LogP contribution in [-0.4, -0.2) is 18.5 Å². The van der Waals surface area contributed by atoms with Crippen LogP contribution in [0.1, 0.15) is 27.4 Å². The van der Waals surface area contributed by atoms with Gasteiger partial charge in [-0.2, -0.15) is 0 Å². The Balaban J connectivity index is 1.62. The van der Waals surface area contributed by atoms with Crippen LogP contribution in [0, 0.1) is 20.8 Å². The van der Waals surface area contributed by atoms with Crippen LogP contribution in [0.15, 0.2) is 59.0 Å². The molecule has 0 aliphatic heterocycles. The van der Waals surface area contributed by atoms with Gasteiger partial charge in [0.1, 0.15) is 22.8 Å². The summed E-state index contributed by atoms with van der Waals surface area (Å²) < 4.78 is 16.2. The molecule has 0 atom stereocenters. The van der Waals surface area contributed by atoms with Crippen LogP contribution in [0.3, 0.4) is 0 Å². The first-order valence-electron chi connectivity index (χ1n) is 8.80. The molecule has 0 bridgehead atoms. The van der Waals surface area contributed by atoms with E-state index in [0.717, 1.165) is 5.56 Å². The maximum atomic E-state index is 12.2. The number of carbonyl (C=O) groups excluding carboxylic acids is 2. The molecule has 0 saturated heterocycles. The second kappa shape index (κ2) is 8.43. The van der Waals surface area contributed by atoms with Gasteiger partial charge in [-0.25, -0.2) is 4.79 Å². The van der Waals surface area contributed by atoms with Gasteiger partial charge in [0, 0.05) is 0 Å². The Morgan fingerprint density at radius 2 is 1.71 bits per heavy atom. The van der Waals surface area contributed by atoms with Gasteiger partial charge in [-0.3, -0.25) is 4.79 Å². The summed E-state index contributed by atoms with van der Waals surface area (Å²) in [6, 6.07) is 16.2. The lowest BCUT2D eigenvalue weighted by atomic mass is 10.2. The van der Waals surface area contributed by atoms with E-state index in [9.17, 15) is 9.59 Å². The molecule has 3 aromatic rings. The average Bonchev–Trinajstić information content (AvgIpc) is 3.01. The lowest BCUT2D eigenvalue weighted by Crippen LogP contribution is -2.21. The Hall–Kier alpha value is -3.54. The molecule has 1 N–H and O–H groups in total. The molecule has 0 aliphatic rings. The molecule has 1 aromatic heterocycles.